The molecule has 5 nitrogen and oxygen atoms in total. The smallest absolute Gasteiger partial charge is 0.258 e. The third-order valence-electron chi connectivity index (χ3n) is 2.64. The Morgan fingerprint density at radius 1 is 1.38 bits per heavy atom. The number of carbonyl (C=O) groups is 1. The van der Waals surface area contributed by atoms with Crippen LogP contribution in [0.2, 0.25) is 0 Å². The average molecular weight is 359 g/mol. The highest BCUT2D eigenvalue weighted by atomic mass is 79.9. The molecule has 118 valence electrons. The van der Waals surface area contributed by atoms with Crippen LogP contribution in [-0.2, 0) is 16.1 Å². The first-order chi connectivity index (χ1) is 10.0. The van der Waals surface area contributed by atoms with Crippen LogP contribution in [0.25, 0.3) is 0 Å². The van der Waals surface area contributed by atoms with Crippen molar-refractivity contribution < 1.29 is 14.3 Å². The largest absolute Gasteiger partial charge is 0.484 e. The number of halogens is 1. The monoisotopic (exact) mass is 358 g/mol. The number of hydrogen-bond donors (Lipinski definition) is 2. The van der Waals surface area contributed by atoms with Gasteiger partial charge in [-0.3, -0.25) is 4.79 Å². The van der Waals surface area contributed by atoms with Crippen molar-refractivity contribution in [1.29, 1.82) is 0 Å². The summed E-state index contributed by atoms with van der Waals surface area (Å²) in [4.78, 5) is 11.6. The number of carbonyl (C=O) groups excluding carboxylic acids is 1. The normalized spacial score (nSPS) is 10.7. The van der Waals surface area contributed by atoms with Gasteiger partial charge in [-0.15, -0.1) is 0 Å². The van der Waals surface area contributed by atoms with Gasteiger partial charge < -0.3 is 20.1 Å². The molecule has 0 aromatic heterocycles. The van der Waals surface area contributed by atoms with Crippen molar-refractivity contribution in [2.75, 3.05) is 26.9 Å². The van der Waals surface area contributed by atoms with E-state index in [9.17, 15) is 4.79 Å². The molecule has 0 spiro atoms. The molecule has 0 aliphatic rings. The molecule has 0 radical (unpaired) electrons. The lowest BCUT2D eigenvalue weighted by Gasteiger charge is -2.12. The van der Waals surface area contributed by atoms with E-state index in [1.54, 1.807) is 7.11 Å². The molecule has 0 saturated heterocycles. The van der Waals surface area contributed by atoms with Gasteiger partial charge in [0.2, 0.25) is 0 Å². The molecule has 0 aliphatic carbocycles. The molecular weight excluding hydrogens is 336 g/mol. The van der Waals surface area contributed by atoms with E-state index >= 15 is 0 Å². The highest BCUT2D eigenvalue weighted by Crippen LogP contribution is 2.22. The zero-order valence-corrected chi connectivity index (χ0v) is 14.3. The number of benzene rings is 1. The lowest BCUT2D eigenvalue weighted by atomic mass is 10.2. The van der Waals surface area contributed by atoms with Gasteiger partial charge in [-0.1, -0.05) is 15.9 Å². The van der Waals surface area contributed by atoms with Crippen molar-refractivity contribution in [3.8, 4) is 5.75 Å². The second-order valence-electron chi connectivity index (χ2n) is 4.93. The summed E-state index contributed by atoms with van der Waals surface area (Å²) in [6.45, 7) is 6.02. The average Bonchev–Trinajstić information content (AvgIpc) is 2.43. The van der Waals surface area contributed by atoms with Crippen LogP contribution in [0.5, 0.6) is 5.75 Å². The van der Waals surface area contributed by atoms with Gasteiger partial charge in [0.05, 0.1) is 6.61 Å². The Bertz CT molecular complexity index is 453. The standard InChI is InChI=1S/C15H23BrN2O3/c1-11(2)18-15(19)10-21-13-4-5-14(16)12(8-13)9-17-6-7-20-3/h4-5,8,11,17H,6-7,9-10H2,1-3H3,(H,18,19). The summed E-state index contributed by atoms with van der Waals surface area (Å²) in [6.07, 6.45) is 0. The second kappa shape index (κ2) is 9.76. The molecule has 1 rings (SSSR count). The minimum absolute atomic E-state index is 0.0242. The summed E-state index contributed by atoms with van der Waals surface area (Å²) in [5.41, 5.74) is 1.08. The zero-order chi connectivity index (χ0) is 15.7. The molecule has 21 heavy (non-hydrogen) atoms. The molecule has 6 heteroatoms. The van der Waals surface area contributed by atoms with Crippen molar-refractivity contribution in [2.45, 2.75) is 26.4 Å². The lowest BCUT2D eigenvalue weighted by molar-refractivity contribution is -0.123. The number of nitrogens with one attached hydrogen (secondary N) is 2. The number of rotatable bonds is 9. The van der Waals surface area contributed by atoms with Crippen LogP contribution in [0.4, 0.5) is 0 Å². The van der Waals surface area contributed by atoms with Crippen molar-refractivity contribution >= 4 is 21.8 Å². The van der Waals surface area contributed by atoms with Crippen LogP contribution in [0, 0.1) is 0 Å². The molecule has 0 fully saturated rings. The third kappa shape index (κ3) is 7.45. The SMILES string of the molecule is COCCNCc1cc(OCC(=O)NC(C)C)ccc1Br. The molecule has 1 aromatic carbocycles. The van der Waals surface area contributed by atoms with Crippen LogP contribution in [0.1, 0.15) is 19.4 Å². The first-order valence-electron chi connectivity index (χ1n) is 6.93. The van der Waals surface area contributed by atoms with Crippen LogP contribution in [0.15, 0.2) is 22.7 Å². The lowest BCUT2D eigenvalue weighted by Crippen LogP contribution is -2.34. The minimum Gasteiger partial charge on any atom is -0.484 e. The fourth-order valence-electron chi connectivity index (χ4n) is 1.69. The van der Waals surface area contributed by atoms with Gasteiger partial charge >= 0.3 is 0 Å². The van der Waals surface area contributed by atoms with Crippen molar-refractivity contribution in [2.24, 2.45) is 0 Å². The van der Waals surface area contributed by atoms with Crippen molar-refractivity contribution in [3.63, 3.8) is 0 Å². The number of ether oxygens (including phenoxy) is 2. The molecule has 0 aliphatic heterocycles. The highest BCUT2D eigenvalue weighted by Gasteiger charge is 2.06. The molecule has 2 N–H and O–H groups in total. The predicted octanol–water partition coefficient (Wildman–Crippen LogP) is 2.09. The van der Waals surface area contributed by atoms with E-state index in [1.807, 2.05) is 32.0 Å². The number of hydrogen-bond acceptors (Lipinski definition) is 4. The van der Waals surface area contributed by atoms with Crippen LogP contribution < -0.4 is 15.4 Å². The molecule has 1 aromatic rings. The Balaban J connectivity index is 2.50. The third-order valence-corrected chi connectivity index (χ3v) is 3.41. The van der Waals surface area contributed by atoms with Gasteiger partial charge in [0.1, 0.15) is 5.75 Å². The van der Waals surface area contributed by atoms with Crippen LogP contribution >= 0.6 is 15.9 Å². The van der Waals surface area contributed by atoms with E-state index in [1.165, 1.54) is 0 Å². The van der Waals surface area contributed by atoms with Gasteiger partial charge in [0.15, 0.2) is 6.61 Å². The van der Waals surface area contributed by atoms with E-state index in [4.69, 9.17) is 9.47 Å². The molecule has 0 bridgehead atoms. The Morgan fingerprint density at radius 3 is 2.81 bits per heavy atom. The quantitative estimate of drug-likeness (QED) is 0.663. The molecule has 0 heterocycles. The Kier molecular flexibility index (Phi) is 8.34. The maximum atomic E-state index is 11.6. The first-order valence-corrected chi connectivity index (χ1v) is 7.72. The molecule has 1 amide bonds. The number of amides is 1. The molecule has 0 saturated carbocycles. The van der Waals surface area contributed by atoms with Crippen molar-refractivity contribution in [3.05, 3.63) is 28.2 Å². The van der Waals surface area contributed by atoms with Crippen molar-refractivity contribution in [1.82, 2.24) is 10.6 Å². The summed E-state index contributed by atoms with van der Waals surface area (Å²) in [5, 5.41) is 6.06. The maximum Gasteiger partial charge on any atom is 0.258 e. The fraction of sp³-hybridized carbons (Fsp3) is 0.533. The maximum absolute atomic E-state index is 11.6. The van der Waals surface area contributed by atoms with Gasteiger partial charge in [-0.05, 0) is 37.6 Å². The summed E-state index contributed by atoms with van der Waals surface area (Å²) in [5.74, 6) is 0.563. The van der Waals surface area contributed by atoms with Crippen LogP contribution in [0.3, 0.4) is 0 Å². The summed E-state index contributed by atoms with van der Waals surface area (Å²) >= 11 is 3.51. The molecule has 0 atom stereocenters. The van der Waals surface area contributed by atoms with E-state index in [0.29, 0.717) is 18.9 Å². The highest BCUT2D eigenvalue weighted by molar-refractivity contribution is 9.10. The fourth-order valence-corrected chi connectivity index (χ4v) is 2.07. The summed E-state index contributed by atoms with van der Waals surface area (Å²) in [7, 11) is 1.67. The summed E-state index contributed by atoms with van der Waals surface area (Å²) < 4.78 is 11.5. The second-order valence-corrected chi connectivity index (χ2v) is 5.79. The Labute approximate surface area is 134 Å². The van der Waals surface area contributed by atoms with E-state index in [0.717, 1.165) is 16.6 Å². The van der Waals surface area contributed by atoms with E-state index in [-0.39, 0.29) is 18.6 Å². The van der Waals surface area contributed by atoms with Gasteiger partial charge in [-0.2, -0.15) is 0 Å². The molecule has 0 unspecified atom stereocenters. The molecular formula is C15H23BrN2O3. The van der Waals surface area contributed by atoms with E-state index in [2.05, 4.69) is 26.6 Å². The van der Waals surface area contributed by atoms with Gasteiger partial charge in [0.25, 0.3) is 5.91 Å². The number of methoxy groups -OCH3 is 1. The zero-order valence-electron chi connectivity index (χ0n) is 12.7. The van der Waals surface area contributed by atoms with Gasteiger partial charge in [-0.25, -0.2) is 0 Å². The minimum atomic E-state index is -0.118. The summed E-state index contributed by atoms with van der Waals surface area (Å²) in [6, 6.07) is 5.80. The Hall–Kier alpha value is -1.11. The first kappa shape index (κ1) is 17.9. The predicted molar refractivity (Wildman–Crippen MR) is 86.5 cm³/mol. The van der Waals surface area contributed by atoms with E-state index < -0.39 is 0 Å². The topological polar surface area (TPSA) is 59.6 Å². The Morgan fingerprint density at radius 2 is 2.14 bits per heavy atom. The van der Waals surface area contributed by atoms with Crippen LogP contribution in [-0.4, -0.2) is 38.8 Å². The van der Waals surface area contributed by atoms with Gasteiger partial charge in [0, 0.05) is 30.7 Å².